The highest BCUT2D eigenvalue weighted by Crippen LogP contribution is 2.57. The molecule has 0 aliphatic carbocycles. The van der Waals surface area contributed by atoms with E-state index in [4.69, 9.17) is 34.5 Å². The van der Waals surface area contributed by atoms with Crippen molar-refractivity contribution in [2.75, 3.05) is 37.5 Å². The van der Waals surface area contributed by atoms with Crippen LogP contribution in [0.4, 0.5) is 11.8 Å². The Morgan fingerprint density at radius 3 is 2.39 bits per heavy atom. The number of anilines is 2. The predicted octanol–water partition coefficient (Wildman–Crippen LogP) is -3.73. The molecule has 7 rings (SSSR count). The van der Waals surface area contributed by atoms with Crippen molar-refractivity contribution in [2.24, 2.45) is 0 Å². The number of phosphoric acid groups is 2. The fraction of sp³-hybridized carbons (Fsp3) is 0.545. The monoisotopic (exact) mass is 781 g/mol. The topological polar surface area (TPSA) is 378 Å². The first-order valence-electron chi connectivity index (χ1n) is 14.5. The smallest absolute Gasteiger partial charge is 0.387 e. The lowest BCUT2D eigenvalue weighted by Gasteiger charge is -2.36. The third-order valence-electron chi connectivity index (χ3n) is 8.51. The first-order valence-corrected chi connectivity index (χ1v) is 19.3. The van der Waals surface area contributed by atoms with E-state index in [-0.39, 0.29) is 34.1 Å². The minimum absolute atomic E-state index is 0.0403. The van der Waals surface area contributed by atoms with Gasteiger partial charge in [0, 0.05) is 6.54 Å². The lowest BCUT2D eigenvalue weighted by atomic mass is 10.0. The van der Waals surface area contributed by atoms with Gasteiger partial charge < -0.3 is 45.8 Å². The average Bonchev–Trinajstić information content (AvgIpc) is 3.83. The molecule has 2 bridgehead atoms. The van der Waals surface area contributed by atoms with E-state index in [1.807, 2.05) is 0 Å². The molecule has 0 aromatic carbocycles. The molecule has 3 fully saturated rings. The highest BCUT2D eigenvalue weighted by molar-refractivity contribution is 7.88. The number of rotatable bonds is 11. The zero-order valence-corrected chi connectivity index (χ0v) is 28.4. The zero-order chi connectivity index (χ0) is 36.8. The van der Waals surface area contributed by atoms with Crippen LogP contribution in [0, 0.1) is 0 Å². The molecule has 3 aliphatic heterocycles. The van der Waals surface area contributed by atoms with Crippen LogP contribution in [0.15, 0.2) is 23.8 Å². The highest BCUT2D eigenvalue weighted by Gasteiger charge is 2.69. The van der Waals surface area contributed by atoms with Crippen LogP contribution in [-0.4, -0.2) is 139 Å². The highest BCUT2D eigenvalue weighted by atomic mass is 32.2. The van der Waals surface area contributed by atoms with Crippen LogP contribution >= 0.6 is 15.6 Å². The molecule has 4 aromatic heterocycles. The number of phosphoric ester groups is 2. The van der Waals surface area contributed by atoms with E-state index in [1.54, 1.807) is 0 Å². The summed E-state index contributed by atoms with van der Waals surface area (Å²) in [6.45, 7) is -2.60. The van der Waals surface area contributed by atoms with E-state index < -0.39 is 99.5 Å². The summed E-state index contributed by atoms with van der Waals surface area (Å²) in [5.74, 6) is -0.314. The molecule has 0 spiro atoms. The molecule has 0 saturated carbocycles. The summed E-state index contributed by atoms with van der Waals surface area (Å²) in [6.07, 6.45) is -5.44. The van der Waals surface area contributed by atoms with Crippen LogP contribution in [0.5, 0.6) is 0 Å². The van der Waals surface area contributed by atoms with Crippen molar-refractivity contribution < 1.29 is 65.5 Å². The number of H-pyrrole nitrogens is 1. The molecule has 7 heterocycles. The van der Waals surface area contributed by atoms with Gasteiger partial charge in [0.2, 0.25) is 16.0 Å². The zero-order valence-electron chi connectivity index (χ0n) is 25.7. The molecule has 26 nitrogen and oxygen atoms in total. The van der Waals surface area contributed by atoms with Gasteiger partial charge in [0.25, 0.3) is 5.56 Å². The summed E-state index contributed by atoms with van der Waals surface area (Å²) < 4.78 is 81.6. The molecule has 51 heavy (non-hydrogen) atoms. The van der Waals surface area contributed by atoms with Gasteiger partial charge in [-0.1, -0.05) is 0 Å². The van der Waals surface area contributed by atoms with Gasteiger partial charge >= 0.3 is 15.6 Å². The fourth-order valence-corrected chi connectivity index (χ4v) is 8.82. The van der Waals surface area contributed by atoms with Gasteiger partial charge in [-0.25, -0.2) is 37.5 Å². The van der Waals surface area contributed by atoms with E-state index >= 15 is 0 Å². The fourth-order valence-electron chi connectivity index (χ4n) is 6.32. The number of hydrogen-bond donors (Lipinski definition) is 8. The van der Waals surface area contributed by atoms with Crippen LogP contribution in [0.25, 0.3) is 22.3 Å². The van der Waals surface area contributed by atoms with Crippen LogP contribution < -0.4 is 17.0 Å². The molecule has 0 amide bonds. The number of sulfonamides is 1. The summed E-state index contributed by atoms with van der Waals surface area (Å²) in [5.41, 5.74) is 8.55. The largest absolute Gasteiger partial charge is 0.472 e. The van der Waals surface area contributed by atoms with Crippen molar-refractivity contribution in [3.8, 4) is 0 Å². The normalized spacial score (nSPS) is 31.2. The second kappa shape index (κ2) is 12.3. The van der Waals surface area contributed by atoms with Crippen LogP contribution in [-0.2, 0) is 42.2 Å². The number of ether oxygens (including phenoxy) is 2. The van der Waals surface area contributed by atoms with Crippen LogP contribution in [0.2, 0.25) is 0 Å². The molecule has 278 valence electrons. The van der Waals surface area contributed by atoms with Crippen LogP contribution in [0.3, 0.4) is 0 Å². The molecule has 10 N–H and O–H groups in total. The number of nitrogens with one attached hydrogen (secondary N) is 1. The number of aliphatic hydroxyl groups excluding tert-OH is 2. The molecule has 3 aliphatic rings. The van der Waals surface area contributed by atoms with Crippen molar-refractivity contribution >= 4 is 59.8 Å². The van der Waals surface area contributed by atoms with Gasteiger partial charge in [0.05, 0.1) is 32.1 Å². The van der Waals surface area contributed by atoms with Gasteiger partial charge in [-0.15, -0.1) is 0 Å². The third kappa shape index (κ3) is 6.33. The van der Waals surface area contributed by atoms with Crippen molar-refractivity contribution in [1.29, 1.82) is 0 Å². The second-order valence-electron chi connectivity index (χ2n) is 11.8. The third-order valence-corrected chi connectivity index (χ3v) is 11.2. The Morgan fingerprint density at radius 1 is 1.02 bits per heavy atom. The molecule has 3 unspecified atom stereocenters. The first kappa shape index (κ1) is 35.9. The Labute approximate surface area is 283 Å². The number of imidazole rings is 2. The van der Waals surface area contributed by atoms with E-state index in [0.717, 1.165) is 27.8 Å². The first-order chi connectivity index (χ1) is 23.8. The average molecular weight is 782 g/mol. The number of nitrogen functional groups attached to an aromatic ring is 2. The van der Waals surface area contributed by atoms with Gasteiger partial charge in [-0.3, -0.25) is 32.5 Å². The summed E-state index contributed by atoms with van der Waals surface area (Å²) >= 11 is 0. The summed E-state index contributed by atoms with van der Waals surface area (Å²) in [5, 5.41) is 21.5. The lowest BCUT2D eigenvalue weighted by molar-refractivity contribution is -0.139. The Balaban J connectivity index is 1.16. The van der Waals surface area contributed by atoms with Crippen molar-refractivity contribution in [3.05, 3.63) is 29.3 Å². The van der Waals surface area contributed by atoms with Crippen molar-refractivity contribution in [3.63, 3.8) is 0 Å². The van der Waals surface area contributed by atoms with Gasteiger partial charge in [-0.2, -0.15) is 9.29 Å². The maximum atomic E-state index is 13.5. The number of aromatic amines is 1. The SMILES string of the molecule is CS(=O)(=O)N1C[C@]2(COP(=O)(O)O)O[C@@H](n3cnc4c(N)ncnc43)[C@@H]1C2OP(=O)(O)OC[C@H]1O[C@@H](n2cnc3c(=O)[nH]c(N)nc32)[C@@H](O)C1O. The van der Waals surface area contributed by atoms with Crippen molar-refractivity contribution in [2.45, 2.75) is 48.5 Å². The molecule has 3 saturated heterocycles. The van der Waals surface area contributed by atoms with E-state index in [9.17, 15) is 47.2 Å². The summed E-state index contributed by atoms with van der Waals surface area (Å²) in [4.78, 5) is 64.3. The lowest BCUT2D eigenvalue weighted by Crippen LogP contribution is -2.49. The molecule has 4 aromatic rings. The Hall–Kier alpha value is -3.53. The molecule has 9 atom stereocenters. The number of fused-ring (bicyclic) bond motifs is 4. The van der Waals surface area contributed by atoms with Gasteiger partial charge in [-0.05, 0) is 0 Å². The quantitative estimate of drug-likeness (QED) is 0.0678. The predicted molar refractivity (Wildman–Crippen MR) is 165 cm³/mol. The Kier molecular flexibility index (Phi) is 8.63. The Morgan fingerprint density at radius 2 is 1.71 bits per heavy atom. The van der Waals surface area contributed by atoms with Gasteiger partial charge in [0.15, 0.2) is 35.1 Å². The summed E-state index contributed by atoms with van der Waals surface area (Å²) in [6, 6.07) is -1.52. The number of hydrogen-bond acceptors (Lipinski definition) is 19. The van der Waals surface area contributed by atoms with Crippen molar-refractivity contribution in [1.82, 2.24) is 43.3 Å². The molecular formula is C22H29N11O15P2S. The number of aliphatic hydroxyl groups is 2. The maximum Gasteiger partial charge on any atom is 0.472 e. The number of morpholine rings is 1. The van der Waals surface area contributed by atoms with E-state index in [1.165, 1.54) is 10.9 Å². The molecule has 29 heteroatoms. The molecule has 0 radical (unpaired) electrons. The Bertz CT molecular complexity index is 2280. The minimum atomic E-state index is -5.34. The van der Waals surface area contributed by atoms with Crippen LogP contribution in [0.1, 0.15) is 12.5 Å². The summed E-state index contributed by atoms with van der Waals surface area (Å²) in [7, 11) is -14.8. The van der Waals surface area contributed by atoms with E-state index in [0.29, 0.717) is 0 Å². The standard InChI is InChI=1S/C22H29N11O15P2S/c1-51(42,43)33-3-22(4-45-49(37,38)39)14(11(33)19(47-22)31-6-27-9-15(23)25-5-26-16(9)31)48-50(40,41)44-2-8-12(34)13(35)20(46-8)32-7-28-10-17(32)29-21(24)30-18(10)36/h5-8,11-14,19-20,34-35H,2-4H2,1H3,(H,40,41)(H2,23,25,26)(H2,37,38,39)(H3,24,29,30,36)/t8-,11+,12?,13+,14?,19-,20-,22-/m1/s1. The number of nitrogens with two attached hydrogens (primary N) is 2. The minimum Gasteiger partial charge on any atom is -0.387 e. The maximum absolute atomic E-state index is 13.5. The van der Waals surface area contributed by atoms with E-state index in [2.05, 4.69) is 29.9 Å². The molecular weight excluding hydrogens is 752 g/mol. The number of nitrogens with zero attached hydrogens (tertiary/aromatic N) is 8. The number of aromatic nitrogens is 8. The second-order valence-corrected chi connectivity index (χ2v) is 16.4. The van der Waals surface area contributed by atoms with Gasteiger partial charge in [0.1, 0.15) is 47.9 Å².